The summed E-state index contributed by atoms with van der Waals surface area (Å²) < 4.78 is 26.9. The molecule has 3 rings (SSSR count). The number of phenolic OH excluding ortho intramolecular Hbond substituents is 1. The maximum atomic E-state index is 12.6. The van der Waals surface area contributed by atoms with Gasteiger partial charge in [-0.05, 0) is 36.4 Å². The first-order valence-electron chi connectivity index (χ1n) is 7.61. The monoisotopic (exact) mass is 366 g/mol. The zero-order valence-corrected chi connectivity index (χ0v) is 14.5. The Balaban J connectivity index is 1.72. The number of aromatic hydroxyl groups is 1. The van der Waals surface area contributed by atoms with Crippen molar-refractivity contribution in [1.29, 1.82) is 0 Å². The number of piperidine rings is 1. The Bertz CT molecular complexity index is 818. The van der Waals surface area contributed by atoms with E-state index in [4.69, 9.17) is 0 Å². The number of anilines is 1. The molecule has 0 radical (unpaired) electrons. The van der Waals surface area contributed by atoms with Crippen molar-refractivity contribution in [3.63, 3.8) is 0 Å². The number of hydrogen-bond acceptors (Lipinski definition) is 5. The fraction of sp³-hybridized carbons (Fsp3) is 0.312. The van der Waals surface area contributed by atoms with Crippen molar-refractivity contribution in [3.8, 4) is 5.75 Å². The molecule has 2 aromatic rings. The fourth-order valence-corrected chi connectivity index (χ4v) is 5.39. The van der Waals surface area contributed by atoms with Crippen LogP contribution in [0.25, 0.3) is 0 Å². The van der Waals surface area contributed by atoms with Gasteiger partial charge in [0.2, 0.25) is 5.91 Å². The molecule has 0 spiro atoms. The van der Waals surface area contributed by atoms with Crippen LogP contribution in [0.2, 0.25) is 0 Å². The largest absolute Gasteiger partial charge is 0.506 e. The number of para-hydroxylation sites is 2. The normalized spacial score (nSPS) is 19.1. The van der Waals surface area contributed by atoms with Gasteiger partial charge in [-0.2, -0.15) is 4.31 Å². The Morgan fingerprint density at radius 1 is 1.25 bits per heavy atom. The number of carbonyl (C=O) groups excluding carboxylic acids is 1. The number of nitrogens with zero attached hydrogens (tertiary/aromatic N) is 1. The summed E-state index contributed by atoms with van der Waals surface area (Å²) in [5.74, 6) is -0.722. The van der Waals surface area contributed by atoms with Gasteiger partial charge in [0.1, 0.15) is 9.96 Å². The highest BCUT2D eigenvalue weighted by Gasteiger charge is 2.33. The minimum Gasteiger partial charge on any atom is -0.506 e. The number of amides is 1. The maximum Gasteiger partial charge on any atom is 0.252 e. The highest BCUT2D eigenvalue weighted by molar-refractivity contribution is 7.91. The van der Waals surface area contributed by atoms with Crippen LogP contribution in [0.15, 0.2) is 46.0 Å². The van der Waals surface area contributed by atoms with Crippen LogP contribution >= 0.6 is 11.3 Å². The first-order valence-corrected chi connectivity index (χ1v) is 9.93. The number of hydrogen-bond donors (Lipinski definition) is 2. The van der Waals surface area contributed by atoms with Gasteiger partial charge in [-0.1, -0.05) is 18.2 Å². The molecule has 1 unspecified atom stereocenters. The maximum absolute atomic E-state index is 12.6. The third kappa shape index (κ3) is 3.45. The van der Waals surface area contributed by atoms with Crippen molar-refractivity contribution in [3.05, 3.63) is 41.8 Å². The lowest BCUT2D eigenvalue weighted by Crippen LogP contribution is -2.43. The lowest BCUT2D eigenvalue weighted by Gasteiger charge is -2.30. The average molecular weight is 366 g/mol. The molecule has 1 fully saturated rings. The van der Waals surface area contributed by atoms with Gasteiger partial charge in [0.15, 0.2) is 0 Å². The number of phenols is 1. The average Bonchev–Trinajstić information content (AvgIpc) is 3.12. The van der Waals surface area contributed by atoms with Gasteiger partial charge >= 0.3 is 0 Å². The number of benzene rings is 1. The second-order valence-corrected chi connectivity index (χ2v) is 8.75. The van der Waals surface area contributed by atoms with Crippen LogP contribution in [0.4, 0.5) is 5.69 Å². The molecule has 1 atom stereocenters. The molecule has 1 aromatic heterocycles. The first-order chi connectivity index (χ1) is 11.5. The Kier molecular flexibility index (Phi) is 4.88. The van der Waals surface area contributed by atoms with E-state index in [1.807, 2.05) is 0 Å². The van der Waals surface area contributed by atoms with E-state index in [0.717, 1.165) is 0 Å². The molecule has 1 amide bonds. The first kappa shape index (κ1) is 16.9. The zero-order valence-electron chi connectivity index (χ0n) is 12.9. The van der Waals surface area contributed by atoms with E-state index in [-0.39, 0.29) is 18.2 Å². The van der Waals surface area contributed by atoms with Crippen LogP contribution in [-0.4, -0.2) is 36.8 Å². The summed E-state index contributed by atoms with van der Waals surface area (Å²) in [6, 6.07) is 9.75. The molecule has 2 N–H and O–H groups in total. The second kappa shape index (κ2) is 6.92. The highest BCUT2D eigenvalue weighted by atomic mass is 32.2. The summed E-state index contributed by atoms with van der Waals surface area (Å²) >= 11 is 1.17. The smallest absolute Gasteiger partial charge is 0.252 e. The summed E-state index contributed by atoms with van der Waals surface area (Å²) in [5.41, 5.74) is 0.334. The van der Waals surface area contributed by atoms with Crippen LogP contribution in [0, 0.1) is 5.92 Å². The Labute approximate surface area is 144 Å². The van der Waals surface area contributed by atoms with Crippen molar-refractivity contribution >= 4 is 33.0 Å². The van der Waals surface area contributed by atoms with Gasteiger partial charge in [0.25, 0.3) is 10.0 Å². The number of carbonyl (C=O) groups is 1. The number of rotatable bonds is 4. The van der Waals surface area contributed by atoms with Crippen LogP contribution < -0.4 is 5.32 Å². The van der Waals surface area contributed by atoms with Crippen molar-refractivity contribution < 1.29 is 18.3 Å². The zero-order chi connectivity index (χ0) is 17.2. The third-order valence-electron chi connectivity index (χ3n) is 4.01. The molecule has 2 heterocycles. The molecule has 1 aliphatic rings. The van der Waals surface area contributed by atoms with Gasteiger partial charge in [0.05, 0.1) is 11.6 Å². The van der Waals surface area contributed by atoms with Crippen LogP contribution in [0.3, 0.4) is 0 Å². The van der Waals surface area contributed by atoms with Crippen molar-refractivity contribution in [1.82, 2.24) is 4.31 Å². The predicted molar refractivity (Wildman–Crippen MR) is 92.5 cm³/mol. The summed E-state index contributed by atoms with van der Waals surface area (Å²) in [5, 5.41) is 14.1. The highest BCUT2D eigenvalue weighted by Crippen LogP contribution is 2.28. The number of thiophene rings is 1. The standard InChI is InChI=1S/C16H18N2O4S2/c19-14-7-2-1-6-13(14)17-16(20)12-5-3-9-18(11-12)24(21,22)15-8-4-10-23-15/h1-2,4,6-8,10,12,19H,3,5,9,11H2,(H,17,20). The van der Waals surface area contributed by atoms with Crippen molar-refractivity contribution in [2.75, 3.05) is 18.4 Å². The molecule has 8 heteroatoms. The van der Waals surface area contributed by atoms with E-state index in [2.05, 4.69) is 5.32 Å². The molecular formula is C16H18N2O4S2. The third-order valence-corrected chi connectivity index (χ3v) is 7.24. The van der Waals surface area contributed by atoms with E-state index in [1.54, 1.807) is 35.7 Å². The molecule has 1 saturated heterocycles. The SMILES string of the molecule is O=C(Nc1ccccc1O)C1CCCN(S(=O)(=O)c2cccs2)C1. The minimum absolute atomic E-state index is 0.00952. The van der Waals surface area contributed by atoms with Crippen LogP contribution in [-0.2, 0) is 14.8 Å². The summed E-state index contributed by atoms with van der Waals surface area (Å²) in [4.78, 5) is 12.4. The Morgan fingerprint density at radius 3 is 2.75 bits per heavy atom. The van der Waals surface area contributed by atoms with Gasteiger partial charge in [-0.15, -0.1) is 11.3 Å². The van der Waals surface area contributed by atoms with E-state index in [9.17, 15) is 18.3 Å². The summed E-state index contributed by atoms with van der Waals surface area (Å²) in [6.07, 6.45) is 1.25. The Hall–Kier alpha value is -1.90. The van der Waals surface area contributed by atoms with Crippen LogP contribution in [0.5, 0.6) is 5.75 Å². The molecule has 128 valence electrons. The van der Waals surface area contributed by atoms with Gasteiger partial charge < -0.3 is 10.4 Å². The molecule has 1 aliphatic heterocycles. The quantitative estimate of drug-likeness (QED) is 0.814. The topological polar surface area (TPSA) is 86.7 Å². The Morgan fingerprint density at radius 2 is 2.04 bits per heavy atom. The molecule has 0 saturated carbocycles. The second-order valence-electron chi connectivity index (χ2n) is 5.64. The molecule has 0 bridgehead atoms. The summed E-state index contributed by atoms with van der Waals surface area (Å²) in [7, 11) is -3.54. The van der Waals surface area contributed by atoms with E-state index in [0.29, 0.717) is 29.3 Å². The summed E-state index contributed by atoms with van der Waals surface area (Å²) in [6.45, 7) is 0.570. The van der Waals surface area contributed by atoms with E-state index in [1.165, 1.54) is 21.7 Å². The van der Waals surface area contributed by atoms with Gasteiger partial charge in [0, 0.05) is 13.1 Å². The van der Waals surface area contributed by atoms with E-state index < -0.39 is 15.9 Å². The predicted octanol–water partition coefficient (Wildman–Crippen LogP) is 2.49. The lowest BCUT2D eigenvalue weighted by atomic mass is 9.98. The van der Waals surface area contributed by atoms with Crippen molar-refractivity contribution in [2.24, 2.45) is 5.92 Å². The number of sulfonamides is 1. The van der Waals surface area contributed by atoms with Gasteiger partial charge in [-0.25, -0.2) is 8.42 Å². The molecule has 24 heavy (non-hydrogen) atoms. The number of nitrogens with one attached hydrogen (secondary N) is 1. The van der Waals surface area contributed by atoms with E-state index >= 15 is 0 Å². The van der Waals surface area contributed by atoms with Crippen LogP contribution in [0.1, 0.15) is 12.8 Å². The lowest BCUT2D eigenvalue weighted by molar-refractivity contribution is -0.120. The minimum atomic E-state index is -3.54. The fourth-order valence-electron chi connectivity index (χ4n) is 2.73. The van der Waals surface area contributed by atoms with Crippen molar-refractivity contribution in [2.45, 2.75) is 17.1 Å². The molecular weight excluding hydrogens is 348 g/mol. The molecule has 0 aliphatic carbocycles. The molecule has 6 nitrogen and oxygen atoms in total. The van der Waals surface area contributed by atoms with Gasteiger partial charge in [-0.3, -0.25) is 4.79 Å². The molecule has 1 aromatic carbocycles.